The van der Waals surface area contributed by atoms with Crippen molar-refractivity contribution in [2.75, 3.05) is 26.9 Å². The van der Waals surface area contributed by atoms with Crippen LogP contribution < -0.4 is 14.8 Å². The highest BCUT2D eigenvalue weighted by molar-refractivity contribution is 5.94. The second-order valence-corrected chi connectivity index (χ2v) is 6.77. The lowest BCUT2D eigenvalue weighted by Gasteiger charge is -2.12. The van der Waals surface area contributed by atoms with Gasteiger partial charge in [0.05, 0.1) is 7.11 Å². The van der Waals surface area contributed by atoms with Crippen molar-refractivity contribution >= 4 is 5.91 Å². The fraction of sp³-hybridized carbons (Fsp3) is 0.409. The number of nitrogens with one attached hydrogen (secondary N) is 1. The lowest BCUT2D eigenvalue weighted by molar-refractivity contribution is 0.0937. The van der Waals surface area contributed by atoms with Gasteiger partial charge in [-0.1, -0.05) is 30.3 Å². The highest BCUT2D eigenvalue weighted by Crippen LogP contribution is 2.29. The van der Waals surface area contributed by atoms with Crippen LogP contribution in [0.4, 0.5) is 0 Å². The van der Waals surface area contributed by atoms with Crippen molar-refractivity contribution < 1.29 is 19.0 Å². The zero-order valence-corrected chi connectivity index (χ0v) is 15.8. The van der Waals surface area contributed by atoms with Gasteiger partial charge in [0.2, 0.25) is 0 Å². The Morgan fingerprint density at radius 1 is 1.11 bits per heavy atom. The van der Waals surface area contributed by atoms with E-state index in [1.807, 2.05) is 30.3 Å². The molecule has 0 saturated heterocycles. The second kappa shape index (κ2) is 9.97. The Morgan fingerprint density at radius 2 is 1.93 bits per heavy atom. The van der Waals surface area contributed by atoms with E-state index in [1.165, 1.54) is 12.8 Å². The predicted molar refractivity (Wildman–Crippen MR) is 104 cm³/mol. The Hall–Kier alpha value is -2.53. The topological polar surface area (TPSA) is 56.8 Å². The first-order valence-corrected chi connectivity index (χ1v) is 9.47. The van der Waals surface area contributed by atoms with Gasteiger partial charge in [0.25, 0.3) is 5.91 Å². The minimum Gasteiger partial charge on any atom is -0.493 e. The summed E-state index contributed by atoms with van der Waals surface area (Å²) < 4.78 is 16.8. The minimum atomic E-state index is -0.120. The summed E-state index contributed by atoms with van der Waals surface area (Å²) in [6, 6.07) is 15.2. The zero-order valence-electron chi connectivity index (χ0n) is 15.8. The van der Waals surface area contributed by atoms with Gasteiger partial charge in [-0.2, -0.15) is 0 Å². The number of ether oxygens (including phenoxy) is 3. The van der Waals surface area contributed by atoms with Crippen LogP contribution in [0, 0.1) is 5.92 Å². The fourth-order valence-electron chi connectivity index (χ4n) is 2.68. The molecular weight excluding hydrogens is 342 g/mol. The molecule has 0 aromatic heterocycles. The van der Waals surface area contributed by atoms with Gasteiger partial charge in [0, 0.05) is 25.3 Å². The van der Waals surface area contributed by atoms with Crippen molar-refractivity contribution in [3.8, 4) is 11.5 Å². The van der Waals surface area contributed by atoms with Gasteiger partial charge in [-0.25, -0.2) is 0 Å². The molecule has 2 aromatic rings. The van der Waals surface area contributed by atoms with Crippen molar-refractivity contribution in [2.24, 2.45) is 5.92 Å². The molecule has 5 nitrogen and oxygen atoms in total. The van der Waals surface area contributed by atoms with Gasteiger partial charge in [0.1, 0.15) is 6.61 Å². The molecule has 1 N–H and O–H groups in total. The van der Waals surface area contributed by atoms with Gasteiger partial charge in [0.15, 0.2) is 11.5 Å². The van der Waals surface area contributed by atoms with Gasteiger partial charge < -0.3 is 19.5 Å². The molecule has 3 rings (SSSR count). The van der Waals surface area contributed by atoms with Crippen LogP contribution in [0.15, 0.2) is 48.5 Å². The van der Waals surface area contributed by atoms with Crippen molar-refractivity contribution in [3.63, 3.8) is 0 Å². The predicted octanol–water partition coefficient (Wildman–Crippen LogP) is 3.82. The molecule has 1 aliphatic carbocycles. The van der Waals surface area contributed by atoms with Crippen LogP contribution in [0.1, 0.15) is 35.2 Å². The molecule has 2 aromatic carbocycles. The lowest BCUT2D eigenvalue weighted by Crippen LogP contribution is -2.25. The first kappa shape index (κ1) is 19.2. The third kappa shape index (κ3) is 6.29. The number of rotatable bonds is 11. The molecule has 5 heteroatoms. The first-order chi connectivity index (χ1) is 13.3. The number of hydrogen-bond donors (Lipinski definition) is 1. The van der Waals surface area contributed by atoms with Crippen LogP contribution in [0.3, 0.4) is 0 Å². The molecular formula is C22H27NO4. The molecule has 1 fully saturated rings. The van der Waals surface area contributed by atoms with Crippen LogP contribution in [0.2, 0.25) is 0 Å². The van der Waals surface area contributed by atoms with Gasteiger partial charge in [-0.15, -0.1) is 0 Å². The van der Waals surface area contributed by atoms with E-state index in [-0.39, 0.29) is 5.91 Å². The monoisotopic (exact) mass is 369 g/mol. The standard InChI is InChI=1S/C22H27NO4/c1-25-21-14-19(22(24)23-12-5-13-26-15-18-8-9-18)10-11-20(21)27-16-17-6-3-2-4-7-17/h2-4,6-7,10-11,14,18H,5,8-9,12-13,15-16H2,1H3,(H,23,24). The molecule has 0 atom stereocenters. The third-order valence-electron chi connectivity index (χ3n) is 4.46. The average Bonchev–Trinajstić information content (AvgIpc) is 3.54. The number of methoxy groups -OCH3 is 1. The van der Waals surface area contributed by atoms with E-state index in [2.05, 4.69) is 5.32 Å². The number of carbonyl (C=O) groups is 1. The van der Waals surface area contributed by atoms with Crippen molar-refractivity contribution in [1.29, 1.82) is 0 Å². The van der Waals surface area contributed by atoms with Gasteiger partial charge in [-0.05, 0) is 48.9 Å². The minimum absolute atomic E-state index is 0.120. The molecule has 1 saturated carbocycles. The molecule has 0 bridgehead atoms. The Morgan fingerprint density at radius 3 is 2.67 bits per heavy atom. The highest BCUT2D eigenvalue weighted by Gasteiger charge is 2.20. The van der Waals surface area contributed by atoms with E-state index in [0.717, 1.165) is 24.5 Å². The Bertz CT molecular complexity index is 728. The summed E-state index contributed by atoms with van der Waals surface area (Å²) in [7, 11) is 1.57. The molecule has 0 aliphatic heterocycles. The highest BCUT2D eigenvalue weighted by atomic mass is 16.5. The molecule has 27 heavy (non-hydrogen) atoms. The summed E-state index contributed by atoms with van der Waals surface area (Å²) in [5, 5.41) is 2.92. The second-order valence-electron chi connectivity index (χ2n) is 6.77. The van der Waals surface area contributed by atoms with Crippen LogP contribution in [0.25, 0.3) is 0 Å². The summed E-state index contributed by atoms with van der Waals surface area (Å²) in [6.45, 7) is 2.59. The van der Waals surface area contributed by atoms with E-state index in [1.54, 1.807) is 25.3 Å². The summed E-state index contributed by atoms with van der Waals surface area (Å²) in [5.74, 6) is 1.82. The van der Waals surface area contributed by atoms with Gasteiger partial charge in [-0.3, -0.25) is 4.79 Å². The summed E-state index contributed by atoms with van der Waals surface area (Å²) in [6.07, 6.45) is 3.40. The summed E-state index contributed by atoms with van der Waals surface area (Å²) in [5.41, 5.74) is 1.63. The van der Waals surface area contributed by atoms with Crippen molar-refractivity contribution in [1.82, 2.24) is 5.32 Å². The Balaban J connectivity index is 1.46. The molecule has 0 spiro atoms. The molecule has 0 radical (unpaired) electrons. The SMILES string of the molecule is COc1cc(C(=O)NCCCOCC2CC2)ccc1OCc1ccccc1. The number of amides is 1. The van der Waals surface area contributed by atoms with E-state index < -0.39 is 0 Å². The smallest absolute Gasteiger partial charge is 0.251 e. The normalized spacial score (nSPS) is 13.2. The maximum atomic E-state index is 12.3. The average molecular weight is 369 g/mol. The maximum Gasteiger partial charge on any atom is 0.251 e. The summed E-state index contributed by atoms with van der Waals surface area (Å²) >= 11 is 0. The summed E-state index contributed by atoms with van der Waals surface area (Å²) in [4.78, 5) is 12.3. The van der Waals surface area contributed by atoms with E-state index in [9.17, 15) is 4.79 Å². The quantitative estimate of drug-likeness (QED) is 0.612. The van der Waals surface area contributed by atoms with Crippen LogP contribution >= 0.6 is 0 Å². The number of hydrogen-bond acceptors (Lipinski definition) is 4. The molecule has 0 unspecified atom stereocenters. The van der Waals surface area contributed by atoms with Crippen LogP contribution in [-0.4, -0.2) is 32.8 Å². The Labute approximate surface area is 160 Å². The van der Waals surface area contributed by atoms with Crippen molar-refractivity contribution in [3.05, 3.63) is 59.7 Å². The molecule has 1 aliphatic rings. The first-order valence-electron chi connectivity index (χ1n) is 9.47. The molecule has 144 valence electrons. The fourth-order valence-corrected chi connectivity index (χ4v) is 2.68. The van der Waals surface area contributed by atoms with E-state index in [0.29, 0.717) is 36.8 Å². The zero-order chi connectivity index (χ0) is 18.9. The molecule has 1 amide bonds. The molecule has 0 heterocycles. The largest absolute Gasteiger partial charge is 0.493 e. The van der Waals surface area contributed by atoms with E-state index >= 15 is 0 Å². The van der Waals surface area contributed by atoms with Gasteiger partial charge >= 0.3 is 0 Å². The third-order valence-corrected chi connectivity index (χ3v) is 4.46. The lowest BCUT2D eigenvalue weighted by atomic mass is 10.2. The Kier molecular flexibility index (Phi) is 7.11. The van der Waals surface area contributed by atoms with Crippen LogP contribution in [0.5, 0.6) is 11.5 Å². The number of carbonyl (C=O) groups excluding carboxylic acids is 1. The van der Waals surface area contributed by atoms with E-state index in [4.69, 9.17) is 14.2 Å². The number of benzene rings is 2. The van der Waals surface area contributed by atoms with Crippen LogP contribution in [-0.2, 0) is 11.3 Å². The van der Waals surface area contributed by atoms with Crippen molar-refractivity contribution in [2.45, 2.75) is 25.9 Å². The maximum absolute atomic E-state index is 12.3.